The number of nitrogens with zero attached hydrogens (tertiary/aromatic N) is 4. The lowest BCUT2D eigenvalue weighted by Gasteiger charge is -2.40. The summed E-state index contributed by atoms with van der Waals surface area (Å²) in [7, 11) is 0. The zero-order valence-corrected chi connectivity index (χ0v) is 13.6. The van der Waals surface area contributed by atoms with Crippen molar-refractivity contribution in [3.8, 4) is 0 Å². The molecule has 0 radical (unpaired) electrons. The molecule has 1 N–H and O–H groups in total. The first kappa shape index (κ1) is 14.6. The molecule has 0 bridgehead atoms. The predicted molar refractivity (Wildman–Crippen MR) is 90.4 cm³/mol. The quantitative estimate of drug-likeness (QED) is 0.917. The van der Waals surface area contributed by atoms with Crippen LogP contribution >= 0.6 is 0 Å². The monoisotopic (exact) mass is 309 g/mol. The van der Waals surface area contributed by atoms with Gasteiger partial charge in [-0.05, 0) is 49.4 Å². The van der Waals surface area contributed by atoms with Gasteiger partial charge in [0.15, 0.2) is 5.82 Å². The molecule has 1 fully saturated rings. The second-order valence-electron chi connectivity index (χ2n) is 6.72. The van der Waals surface area contributed by atoms with Gasteiger partial charge < -0.3 is 10.2 Å². The third-order valence-electron chi connectivity index (χ3n) is 4.99. The highest BCUT2D eigenvalue weighted by molar-refractivity contribution is 5.45. The Labute approximate surface area is 137 Å². The Morgan fingerprint density at radius 3 is 3.04 bits per heavy atom. The van der Waals surface area contributed by atoms with Gasteiger partial charge in [-0.1, -0.05) is 6.07 Å². The molecule has 1 unspecified atom stereocenters. The fourth-order valence-electron chi connectivity index (χ4n) is 3.45. The lowest BCUT2D eigenvalue weighted by atomic mass is 9.99. The van der Waals surface area contributed by atoms with E-state index in [4.69, 9.17) is 0 Å². The van der Waals surface area contributed by atoms with Crippen LogP contribution in [0.25, 0.3) is 0 Å². The van der Waals surface area contributed by atoms with Gasteiger partial charge in [-0.25, -0.2) is 0 Å². The summed E-state index contributed by atoms with van der Waals surface area (Å²) < 4.78 is 0. The first-order valence-electron chi connectivity index (χ1n) is 8.53. The van der Waals surface area contributed by atoms with E-state index < -0.39 is 0 Å². The van der Waals surface area contributed by atoms with Gasteiger partial charge in [0, 0.05) is 44.0 Å². The maximum Gasteiger partial charge on any atom is 0.151 e. The van der Waals surface area contributed by atoms with Crippen molar-refractivity contribution in [2.24, 2.45) is 5.92 Å². The minimum atomic E-state index is 0.345. The minimum absolute atomic E-state index is 0.345. The van der Waals surface area contributed by atoms with Crippen LogP contribution in [0.15, 0.2) is 30.6 Å². The van der Waals surface area contributed by atoms with Crippen molar-refractivity contribution in [3.05, 3.63) is 47.4 Å². The summed E-state index contributed by atoms with van der Waals surface area (Å²) in [6.45, 7) is 5.37. The lowest BCUT2D eigenvalue weighted by molar-refractivity contribution is 0.366. The number of hydrogen-bond acceptors (Lipinski definition) is 5. The smallest absolute Gasteiger partial charge is 0.151 e. The van der Waals surface area contributed by atoms with Crippen LogP contribution in [0.4, 0.5) is 5.82 Å². The van der Waals surface area contributed by atoms with E-state index in [0.29, 0.717) is 12.0 Å². The molecule has 2 aliphatic rings. The van der Waals surface area contributed by atoms with Crippen LogP contribution in [-0.2, 0) is 12.8 Å². The SMILES string of the molecule is CC(NCC1CN(c2cc3c(nn2)CCC3)C1)c1cccnc1. The summed E-state index contributed by atoms with van der Waals surface area (Å²) in [5.74, 6) is 1.74. The molecule has 23 heavy (non-hydrogen) atoms. The standard InChI is InChI=1S/C18H23N5/c1-13(16-5-3-7-19-10-16)20-9-14-11-23(12-14)18-8-15-4-2-6-17(15)21-22-18/h3,5,7-8,10,13-14,20H,2,4,6,9,11-12H2,1H3. The van der Waals surface area contributed by atoms with Crippen molar-refractivity contribution < 1.29 is 0 Å². The second-order valence-corrected chi connectivity index (χ2v) is 6.72. The Kier molecular flexibility index (Phi) is 3.95. The number of aryl methyl sites for hydroxylation is 2. The van der Waals surface area contributed by atoms with Crippen LogP contribution in [0.3, 0.4) is 0 Å². The molecule has 0 saturated carbocycles. The molecule has 0 aromatic carbocycles. The van der Waals surface area contributed by atoms with Gasteiger partial charge in [-0.2, -0.15) is 5.10 Å². The van der Waals surface area contributed by atoms with Crippen LogP contribution in [0, 0.1) is 5.92 Å². The molecule has 1 aliphatic carbocycles. The summed E-state index contributed by atoms with van der Waals surface area (Å²) in [5, 5.41) is 12.4. The van der Waals surface area contributed by atoms with Gasteiger partial charge in [0.05, 0.1) is 5.69 Å². The molecule has 5 heteroatoms. The van der Waals surface area contributed by atoms with Crippen LogP contribution in [0.5, 0.6) is 0 Å². The number of aromatic nitrogens is 3. The Morgan fingerprint density at radius 1 is 1.30 bits per heavy atom. The van der Waals surface area contributed by atoms with Crippen molar-refractivity contribution in [2.75, 3.05) is 24.5 Å². The van der Waals surface area contributed by atoms with E-state index in [1.165, 1.54) is 29.7 Å². The normalized spacial score (nSPS) is 18.6. The molecular weight excluding hydrogens is 286 g/mol. The number of hydrogen-bond donors (Lipinski definition) is 1. The number of anilines is 1. The first-order valence-corrected chi connectivity index (χ1v) is 8.53. The van der Waals surface area contributed by atoms with Gasteiger partial charge in [-0.15, -0.1) is 5.10 Å². The van der Waals surface area contributed by atoms with Gasteiger partial charge in [0.1, 0.15) is 0 Å². The molecule has 2 aromatic heterocycles. The highest BCUT2D eigenvalue weighted by Gasteiger charge is 2.29. The van der Waals surface area contributed by atoms with E-state index in [9.17, 15) is 0 Å². The molecule has 4 rings (SSSR count). The lowest BCUT2D eigenvalue weighted by Crippen LogP contribution is -2.51. The Hall–Kier alpha value is -2.01. The topological polar surface area (TPSA) is 53.9 Å². The van der Waals surface area contributed by atoms with E-state index in [0.717, 1.165) is 31.9 Å². The van der Waals surface area contributed by atoms with Crippen LogP contribution in [0.2, 0.25) is 0 Å². The highest BCUT2D eigenvalue weighted by atomic mass is 15.3. The summed E-state index contributed by atoms with van der Waals surface area (Å²) in [4.78, 5) is 6.52. The van der Waals surface area contributed by atoms with E-state index in [-0.39, 0.29) is 0 Å². The first-order chi connectivity index (χ1) is 11.3. The fourth-order valence-corrected chi connectivity index (χ4v) is 3.45. The molecular formula is C18H23N5. The summed E-state index contributed by atoms with van der Waals surface area (Å²) >= 11 is 0. The molecule has 1 saturated heterocycles. The molecule has 1 aliphatic heterocycles. The van der Waals surface area contributed by atoms with Crippen LogP contribution < -0.4 is 10.2 Å². The van der Waals surface area contributed by atoms with E-state index in [2.05, 4.69) is 44.5 Å². The molecule has 0 spiro atoms. The molecule has 0 amide bonds. The second kappa shape index (κ2) is 6.24. The highest BCUT2D eigenvalue weighted by Crippen LogP contribution is 2.27. The van der Waals surface area contributed by atoms with Crippen molar-refractivity contribution in [2.45, 2.75) is 32.2 Å². The maximum absolute atomic E-state index is 4.40. The molecule has 2 aromatic rings. The van der Waals surface area contributed by atoms with Gasteiger partial charge in [0.25, 0.3) is 0 Å². The summed E-state index contributed by atoms with van der Waals surface area (Å²) in [5.41, 5.74) is 3.85. The summed E-state index contributed by atoms with van der Waals surface area (Å²) in [6.07, 6.45) is 7.25. The zero-order chi connectivity index (χ0) is 15.6. The van der Waals surface area contributed by atoms with E-state index in [1.807, 2.05) is 18.5 Å². The van der Waals surface area contributed by atoms with Crippen molar-refractivity contribution in [1.82, 2.24) is 20.5 Å². The average Bonchev–Trinajstić information content (AvgIpc) is 3.01. The van der Waals surface area contributed by atoms with Crippen molar-refractivity contribution in [1.29, 1.82) is 0 Å². The molecule has 120 valence electrons. The van der Waals surface area contributed by atoms with Gasteiger partial charge >= 0.3 is 0 Å². The largest absolute Gasteiger partial charge is 0.354 e. The van der Waals surface area contributed by atoms with Gasteiger partial charge in [-0.3, -0.25) is 4.98 Å². The Morgan fingerprint density at radius 2 is 2.22 bits per heavy atom. The van der Waals surface area contributed by atoms with Crippen LogP contribution in [0.1, 0.15) is 36.2 Å². The predicted octanol–water partition coefficient (Wildman–Crippen LogP) is 2.15. The molecule has 5 nitrogen and oxygen atoms in total. The van der Waals surface area contributed by atoms with E-state index >= 15 is 0 Å². The number of rotatable bonds is 5. The summed E-state index contributed by atoms with van der Waals surface area (Å²) in [6, 6.07) is 6.71. The Bertz CT molecular complexity index is 666. The number of pyridine rings is 1. The third kappa shape index (κ3) is 3.06. The van der Waals surface area contributed by atoms with E-state index in [1.54, 1.807) is 0 Å². The molecule has 1 atom stereocenters. The maximum atomic E-state index is 4.40. The van der Waals surface area contributed by atoms with Crippen molar-refractivity contribution >= 4 is 5.82 Å². The average molecular weight is 309 g/mol. The Balaban J connectivity index is 1.27. The zero-order valence-electron chi connectivity index (χ0n) is 13.6. The fraction of sp³-hybridized carbons (Fsp3) is 0.500. The van der Waals surface area contributed by atoms with Gasteiger partial charge in [0.2, 0.25) is 0 Å². The minimum Gasteiger partial charge on any atom is -0.354 e. The third-order valence-corrected chi connectivity index (χ3v) is 4.99. The van der Waals surface area contributed by atoms with Crippen molar-refractivity contribution in [3.63, 3.8) is 0 Å². The van der Waals surface area contributed by atoms with Crippen LogP contribution in [-0.4, -0.2) is 34.8 Å². The number of nitrogens with one attached hydrogen (secondary N) is 1. The number of fused-ring (bicyclic) bond motifs is 1. The molecule has 3 heterocycles.